The summed E-state index contributed by atoms with van der Waals surface area (Å²) in [5.41, 5.74) is 0.602. The van der Waals surface area contributed by atoms with E-state index in [4.69, 9.17) is 0 Å². The van der Waals surface area contributed by atoms with Crippen molar-refractivity contribution in [1.82, 2.24) is 0 Å². The molecule has 0 heterocycles. The van der Waals surface area contributed by atoms with Crippen molar-refractivity contribution in [2.24, 2.45) is 0 Å². The van der Waals surface area contributed by atoms with Crippen molar-refractivity contribution >= 4 is 21.7 Å². The Morgan fingerprint density at radius 1 is 1.38 bits per heavy atom. The summed E-state index contributed by atoms with van der Waals surface area (Å²) in [7, 11) is 0. The van der Waals surface area contributed by atoms with E-state index >= 15 is 0 Å². The monoisotopic (exact) mass is 286 g/mol. The molecule has 1 rings (SSSR count). The third-order valence-corrected chi connectivity index (χ3v) is 3.13. The predicted molar refractivity (Wildman–Crippen MR) is 66.1 cm³/mol. The van der Waals surface area contributed by atoms with Crippen LogP contribution in [0.2, 0.25) is 0 Å². The zero-order valence-electron chi connectivity index (χ0n) is 9.38. The van der Waals surface area contributed by atoms with Crippen LogP contribution in [-0.4, -0.2) is 16.0 Å². The van der Waals surface area contributed by atoms with Crippen molar-refractivity contribution in [3.05, 3.63) is 21.7 Å². The lowest BCUT2D eigenvalue weighted by molar-refractivity contribution is 0.0977. The molecule has 0 aromatic heterocycles. The fraction of sp³-hybridized carbons (Fsp3) is 0.417. The molecular weight excluding hydrogens is 272 g/mol. The van der Waals surface area contributed by atoms with E-state index in [0.29, 0.717) is 16.5 Å². The fourth-order valence-electron chi connectivity index (χ4n) is 1.44. The quantitative estimate of drug-likeness (QED) is 0.833. The van der Waals surface area contributed by atoms with Gasteiger partial charge in [-0.2, -0.15) is 0 Å². The van der Waals surface area contributed by atoms with Gasteiger partial charge in [-0.1, -0.05) is 13.3 Å². The molecular formula is C12H15BrO3. The topological polar surface area (TPSA) is 57.5 Å². The average molecular weight is 287 g/mol. The third-order valence-electron chi connectivity index (χ3n) is 2.52. The van der Waals surface area contributed by atoms with Crippen LogP contribution >= 0.6 is 15.9 Å². The lowest BCUT2D eigenvalue weighted by atomic mass is 10.0. The van der Waals surface area contributed by atoms with Crippen molar-refractivity contribution in [3.63, 3.8) is 0 Å². The first-order valence-electron chi connectivity index (χ1n) is 5.23. The fourth-order valence-corrected chi connectivity index (χ4v) is 1.97. The van der Waals surface area contributed by atoms with E-state index in [1.54, 1.807) is 6.92 Å². The van der Waals surface area contributed by atoms with Gasteiger partial charge in [0.2, 0.25) is 0 Å². The summed E-state index contributed by atoms with van der Waals surface area (Å²) >= 11 is 3.15. The van der Waals surface area contributed by atoms with Crippen molar-refractivity contribution < 1.29 is 15.0 Å². The Kier molecular flexibility index (Phi) is 4.35. The van der Waals surface area contributed by atoms with Crippen LogP contribution in [0.25, 0.3) is 0 Å². The summed E-state index contributed by atoms with van der Waals surface area (Å²) in [5, 5.41) is 19.3. The SMILES string of the molecule is CCCCC(=O)c1cc(Br)c(O)c(C)c1O. The number of Topliss-reactive ketones (excluding diaryl/α,β-unsaturated/α-hetero) is 1. The zero-order valence-corrected chi connectivity index (χ0v) is 11.0. The van der Waals surface area contributed by atoms with Gasteiger partial charge in [-0.05, 0) is 35.3 Å². The minimum absolute atomic E-state index is 0.0236. The molecule has 0 aliphatic heterocycles. The molecule has 0 fully saturated rings. The van der Waals surface area contributed by atoms with Crippen LogP contribution in [-0.2, 0) is 0 Å². The predicted octanol–water partition coefficient (Wildman–Crippen LogP) is 3.54. The highest BCUT2D eigenvalue weighted by Gasteiger charge is 2.17. The van der Waals surface area contributed by atoms with Gasteiger partial charge in [0.1, 0.15) is 11.5 Å². The molecule has 0 spiro atoms. The van der Waals surface area contributed by atoms with E-state index in [2.05, 4.69) is 15.9 Å². The molecule has 2 N–H and O–H groups in total. The number of phenolic OH excluding ortho intramolecular Hbond substituents is 2. The number of ketones is 1. The molecule has 1 aromatic rings. The van der Waals surface area contributed by atoms with Crippen LogP contribution in [0, 0.1) is 6.92 Å². The zero-order chi connectivity index (χ0) is 12.3. The lowest BCUT2D eigenvalue weighted by Crippen LogP contribution is -2.00. The minimum atomic E-state index is -0.123. The van der Waals surface area contributed by atoms with E-state index < -0.39 is 0 Å². The van der Waals surface area contributed by atoms with E-state index in [-0.39, 0.29) is 22.8 Å². The van der Waals surface area contributed by atoms with Crippen LogP contribution in [0.5, 0.6) is 11.5 Å². The van der Waals surface area contributed by atoms with Gasteiger partial charge >= 0.3 is 0 Å². The van der Waals surface area contributed by atoms with Gasteiger partial charge < -0.3 is 10.2 Å². The summed E-state index contributed by atoms with van der Waals surface area (Å²) < 4.78 is 0.433. The number of aromatic hydroxyl groups is 2. The Labute approximate surface area is 103 Å². The second kappa shape index (κ2) is 5.34. The molecule has 0 saturated carbocycles. The summed E-state index contributed by atoms with van der Waals surface area (Å²) in [6.45, 7) is 3.58. The number of halogens is 1. The summed E-state index contributed by atoms with van der Waals surface area (Å²) in [4.78, 5) is 11.8. The van der Waals surface area contributed by atoms with Gasteiger partial charge in [0.25, 0.3) is 0 Å². The average Bonchev–Trinajstić information content (AvgIpc) is 2.28. The molecule has 0 radical (unpaired) electrons. The van der Waals surface area contributed by atoms with Crippen LogP contribution < -0.4 is 0 Å². The Bertz CT molecular complexity index is 413. The maximum Gasteiger partial charge on any atom is 0.166 e. The molecule has 0 saturated heterocycles. The Morgan fingerprint density at radius 2 is 2.00 bits per heavy atom. The summed E-state index contributed by atoms with van der Waals surface area (Å²) in [6, 6.07) is 1.47. The number of benzene rings is 1. The van der Waals surface area contributed by atoms with E-state index in [0.717, 1.165) is 12.8 Å². The second-order valence-electron chi connectivity index (χ2n) is 3.75. The van der Waals surface area contributed by atoms with Crippen molar-refractivity contribution in [2.45, 2.75) is 33.1 Å². The number of carbonyl (C=O) groups is 1. The normalized spacial score (nSPS) is 10.4. The largest absolute Gasteiger partial charge is 0.507 e. The smallest absolute Gasteiger partial charge is 0.166 e. The van der Waals surface area contributed by atoms with Crippen LogP contribution in [0.15, 0.2) is 10.5 Å². The van der Waals surface area contributed by atoms with Crippen molar-refractivity contribution in [2.75, 3.05) is 0 Å². The number of rotatable bonds is 4. The minimum Gasteiger partial charge on any atom is -0.507 e. The summed E-state index contributed by atoms with van der Waals surface area (Å²) in [6.07, 6.45) is 2.15. The van der Waals surface area contributed by atoms with E-state index in [1.165, 1.54) is 6.07 Å². The van der Waals surface area contributed by atoms with Crippen molar-refractivity contribution in [1.29, 1.82) is 0 Å². The highest BCUT2D eigenvalue weighted by molar-refractivity contribution is 9.10. The third kappa shape index (κ3) is 2.55. The molecule has 16 heavy (non-hydrogen) atoms. The number of hydrogen-bond donors (Lipinski definition) is 2. The molecule has 0 aliphatic rings. The van der Waals surface area contributed by atoms with Gasteiger partial charge in [0, 0.05) is 12.0 Å². The molecule has 88 valence electrons. The first-order chi connectivity index (χ1) is 7.49. The van der Waals surface area contributed by atoms with Crippen LogP contribution in [0.3, 0.4) is 0 Å². The van der Waals surface area contributed by atoms with Crippen LogP contribution in [0.4, 0.5) is 0 Å². The first kappa shape index (κ1) is 13.0. The van der Waals surface area contributed by atoms with Crippen molar-refractivity contribution in [3.8, 4) is 11.5 Å². The highest BCUT2D eigenvalue weighted by Crippen LogP contribution is 2.37. The van der Waals surface area contributed by atoms with Crippen LogP contribution in [0.1, 0.15) is 42.1 Å². The maximum atomic E-state index is 11.8. The highest BCUT2D eigenvalue weighted by atomic mass is 79.9. The number of phenols is 2. The second-order valence-corrected chi connectivity index (χ2v) is 4.61. The molecule has 0 amide bonds. The van der Waals surface area contributed by atoms with Gasteiger partial charge in [0.05, 0.1) is 10.0 Å². The first-order valence-corrected chi connectivity index (χ1v) is 6.02. The molecule has 0 unspecified atom stereocenters. The molecule has 0 bridgehead atoms. The Morgan fingerprint density at radius 3 is 2.56 bits per heavy atom. The molecule has 3 nitrogen and oxygen atoms in total. The van der Waals surface area contributed by atoms with Gasteiger partial charge in [-0.15, -0.1) is 0 Å². The van der Waals surface area contributed by atoms with E-state index in [9.17, 15) is 15.0 Å². The molecule has 0 aliphatic carbocycles. The van der Waals surface area contributed by atoms with Gasteiger partial charge in [-0.3, -0.25) is 4.79 Å². The lowest BCUT2D eigenvalue weighted by Gasteiger charge is -2.09. The number of hydrogen-bond acceptors (Lipinski definition) is 3. The van der Waals surface area contributed by atoms with Gasteiger partial charge in [-0.25, -0.2) is 0 Å². The Balaban J connectivity index is 3.10. The number of unbranched alkanes of at least 4 members (excludes halogenated alkanes) is 1. The summed E-state index contributed by atoms with van der Waals surface area (Å²) in [5.74, 6) is -0.241. The number of carbonyl (C=O) groups excluding carboxylic acids is 1. The maximum absolute atomic E-state index is 11.8. The molecule has 4 heteroatoms. The van der Waals surface area contributed by atoms with E-state index in [1.807, 2.05) is 6.92 Å². The Hall–Kier alpha value is -1.03. The van der Waals surface area contributed by atoms with Gasteiger partial charge in [0.15, 0.2) is 5.78 Å². The molecule has 1 aromatic carbocycles. The molecule has 0 atom stereocenters. The standard InChI is InChI=1S/C12H15BrO3/c1-3-4-5-10(14)8-6-9(13)12(16)7(2)11(8)15/h6,15-16H,3-5H2,1-2H3.